The van der Waals surface area contributed by atoms with Crippen LogP contribution < -0.4 is 58.5 Å². The zero-order valence-electron chi connectivity index (χ0n) is 75.0. The van der Waals surface area contributed by atoms with Gasteiger partial charge in [-0.15, -0.1) is 0 Å². The van der Waals surface area contributed by atoms with Gasteiger partial charge in [0.2, 0.25) is 59.1 Å². The maximum atomic E-state index is 14.9. The molecule has 7 rings (SSSR count). The standard InChI is InChI=1S/C97H115N11O26/c1-65(40-50-86(116)127-58-66-26-12-5-13-27-66)102-82(112)56-100-90(120)73(41-47-79(109)98-54-83(113)104-76(93(123)131-62-70-34-20-9-21-35-70)44-51-87(117)128-59-67-28-14-6-15-29-67)103-81(111)49-43-75(108-96(126)134-97(2,3)4)92(122)107-74(91(121)101-57-85(115)106-78(95(125)133-64-72-38-24-11-25-39-72)46-53-89(119)130-61-69-32-18-8-19-33-69)42-48-80(110)99-55-84(114)105-77(94(124)132-63-71-36-22-10-23-37-71)45-52-88(118)129-60-68-30-16-7-17-31-68/h5-39,65,73-78H,40-64H2,1-4H3,(H,98,109)(H,99,110)(H,100,120)(H,101,121)(H,102,112)(H,103,111)(H,104,113)(H,105,114)(H,106,115)(H,107,122)(H,108,126). The zero-order chi connectivity index (χ0) is 96.8. The maximum absolute atomic E-state index is 14.9. The van der Waals surface area contributed by atoms with Gasteiger partial charge in [-0.25, -0.2) is 19.2 Å². The molecule has 0 aromatic heterocycles. The van der Waals surface area contributed by atoms with E-state index < -0.39 is 226 Å². The Balaban J connectivity index is 1.07. The summed E-state index contributed by atoms with van der Waals surface area (Å²) >= 11 is 0. The summed E-state index contributed by atoms with van der Waals surface area (Å²) in [4.78, 5) is 246. The van der Waals surface area contributed by atoms with E-state index in [1.807, 2.05) is 0 Å². The smallest absolute Gasteiger partial charge is 0.408 e. The molecule has 0 fully saturated rings. The highest BCUT2D eigenvalue weighted by Gasteiger charge is 2.34. The van der Waals surface area contributed by atoms with Crippen molar-refractivity contribution in [3.63, 3.8) is 0 Å². The van der Waals surface area contributed by atoms with Crippen molar-refractivity contribution in [1.82, 2.24) is 58.5 Å². The van der Waals surface area contributed by atoms with Gasteiger partial charge >= 0.3 is 47.9 Å². The quantitative estimate of drug-likeness (QED) is 0.0155. The largest absolute Gasteiger partial charge is 0.461 e. The molecule has 11 amide bonds. The Morgan fingerprint density at radius 2 is 0.470 bits per heavy atom. The van der Waals surface area contributed by atoms with Crippen LogP contribution in [0.3, 0.4) is 0 Å². The summed E-state index contributed by atoms with van der Waals surface area (Å²) in [5.41, 5.74) is 3.35. The summed E-state index contributed by atoms with van der Waals surface area (Å²) in [6.07, 6.45) is -7.30. The number of benzene rings is 7. The van der Waals surface area contributed by atoms with Crippen molar-refractivity contribution in [2.75, 3.05) is 26.2 Å². The zero-order valence-corrected chi connectivity index (χ0v) is 75.0. The molecule has 0 aliphatic carbocycles. The highest BCUT2D eigenvalue weighted by atomic mass is 16.6. The Kier molecular flexibility index (Phi) is 46.2. The fourth-order valence-electron chi connectivity index (χ4n) is 12.5. The van der Waals surface area contributed by atoms with Crippen LogP contribution in [0.25, 0.3) is 0 Å². The second kappa shape index (κ2) is 58.5. The van der Waals surface area contributed by atoms with Crippen LogP contribution in [0.1, 0.15) is 157 Å². The molecule has 0 spiro atoms. The first kappa shape index (κ1) is 106. The SMILES string of the molecule is CC(CCC(=O)OCc1ccccc1)NC(=O)CNC(=O)C(CCC(=O)NCC(=O)NC(CCC(=O)OCc1ccccc1)C(=O)OCc1ccccc1)NC(=O)CCC(NC(=O)OC(C)(C)C)C(=O)NC(CCC(=O)NCC(=O)NC(CCC(=O)OCc1ccccc1)C(=O)OCc1ccccc1)C(=O)NCC(=O)NC(CCC(=O)OCc1ccccc1)C(=O)OCc1ccccc1. The Hall–Kier alpha value is -15.2. The maximum Gasteiger partial charge on any atom is 0.408 e. The molecule has 11 N–H and O–H groups in total. The van der Waals surface area contributed by atoms with Gasteiger partial charge in [0, 0.05) is 51.0 Å². The summed E-state index contributed by atoms with van der Waals surface area (Å²) in [5.74, 6) is -15.5. The van der Waals surface area contributed by atoms with Crippen molar-refractivity contribution in [2.24, 2.45) is 0 Å². The lowest BCUT2D eigenvalue weighted by molar-refractivity contribution is -0.151. The van der Waals surface area contributed by atoms with Crippen molar-refractivity contribution >= 4 is 107 Å². The third-order valence-electron chi connectivity index (χ3n) is 19.6. The van der Waals surface area contributed by atoms with Crippen LogP contribution in [0.15, 0.2) is 212 Å². The van der Waals surface area contributed by atoms with Gasteiger partial charge in [-0.2, -0.15) is 0 Å². The molecule has 714 valence electrons. The molecule has 0 aliphatic rings. The van der Waals surface area contributed by atoms with E-state index in [4.69, 9.17) is 37.9 Å². The molecule has 0 heterocycles. The Morgan fingerprint density at radius 3 is 0.761 bits per heavy atom. The summed E-state index contributed by atoms with van der Waals surface area (Å²) in [7, 11) is 0. The third kappa shape index (κ3) is 44.4. The van der Waals surface area contributed by atoms with Gasteiger partial charge in [-0.3, -0.25) is 67.1 Å². The first-order valence-corrected chi connectivity index (χ1v) is 43.6. The lowest BCUT2D eigenvalue weighted by Gasteiger charge is -2.25. The van der Waals surface area contributed by atoms with Gasteiger partial charge in [-0.05, 0) is 112 Å². The van der Waals surface area contributed by atoms with Crippen LogP contribution in [-0.4, -0.2) is 181 Å². The first-order valence-electron chi connectivity index (χ1n) is 43.6. The summed E-state index contributed by atoms with van der Waals surface area (Å²) in [5, 5.41) is 26.8. The van der Waals surface area contributed by atoms with Crippen LogP contribution >= 0.6 is 0 Å². The minimum Gasteiger partial charge on any atom is -0.461 e. The van der Waals surface area contributed by atoms with Crippen molar-refractivity contribution < 1.29 is 124 Å². The molecule has 0 saturated carbocycles. The monoisotopic (exact) mass is 1850 g/mol. The van der Waals surface area contributed by atoms with Crippen LogP contribution in [0, 0.1) is 0 Å². The van der Waals surface area contributed by atoms with Crippen LogP contribution in [-0.2, 0) is 166 Å². The number of hydrogen-bond acceptors (Lipinski definition) is 26. The van der Waals surface area contributed by atoms with Crippen molar-refractivity contribution in [3.8, 4) is 0 Å². The van der Waals surface area contributed by atoms with E-state index in [2.05, 4.69) is 58.5 Å². The van der Waals surface area contributed by atoms with Gasteiger partial charge in [0.1, 0.15) is 88.1 Å². The van der Waals surface area contributed by atoms with Gasteiger partial charge in [0.05, 0.1) is 26.2 Å². The van der Waals surface area contributed by atoms with E-state index in [0.29, 0.717) is 33.4 Å². The molecule has 37 nitrogen and oxygen atoms in total. The third-order valence-corrected chi connectivity index (χ3v) is 19.6. The Morgan fingerprint density at radius 1 is 0.239 bits per heavy atom. The second-order valence-corrected chi connectivity index (χ2v) is 31.8. The first-order chi connectivity index (χ1) is 64.4. The molecule has 0 radical (unpaired) electrons. The number of esters is 7. The number of carbonyl (C=O) groups is 18. The minimum atomic E-state index is -1.88. The minimum absolute atomic E-state index is 0.0144. The topological polar surface area (TPSA) is 513 Å². The van der Waals surface area contributed by atoms with E-state index in [9.17, 15) is 86.3 Å². The van der Waals surface area contributed by atoms with Crippen LogP contribution in [0.4, 0.5) is 4.79 Å². The lowest BCUT2D eigenvalue weighted by Crippen LogP contribution is -2.56. The number of nitrogens with one attached hydrogen (secondary N) is 11. The van der Waals surface area contributed by atoms with Gasteiger partial charge in [0.15, 0.2) is 0 Å². The van der Waals surface area contributed by atoms with Gasteiger partial charge < -0.3 is 96.4 Å². The number of alkyl carbamates (subject to hydrolysis) is 1. The number of carbonyl (C=O) groups excluding carboxylic acids is 18. The molecule has 0 aliphatic heterocycles. The predicted molar refractivity (Wildman–Crippen MR) is 481 cm³/mol. The number of hydrogen-bond donors (Lipinski definition) is 11. The number of rotatable bonds is 56. The van der Waals surface area contributed by atoms with Gasteiger partial charge in [0.25, 0.3) is 0 Å². The summed E-state index contributed by atoms with van der Waals surface area (Å²) in [6, 6.07) is 50.3. The normalized spacial score (nSPS) is 12.4. The van der Waals surface area contributed by atoms with Gasteiger partial charge in [-0.1, -0.05) is 212 Å². The molecule has 0 bridgehead atoms. The second-order valence-electron chi connectivity index (χ2n) is 31.8. The van der Waals surface area contributed by atoms with E-state index >= 15 is 0 Å². The highest BCUT2D eigenvalue weighted by molar-refractivity contribution is 5.96. The molecule has 7 aromatic carbocycles. The van der Waals surface area contributed by atoms with Crippen molar-refractivity contribution in [1.29, 1.82) is 0 Å². The molecule has 7 aromatic rings. The predicted octanol–water partition coefficient (Wildman–Crippen LogP) is 5.94. The van der Waals surface area contributed by atoms with E-state index in [1.54, 1.807) is 219 Å². The molecular weight excluding hydrogens is 1740 g/mol. The van der Waals surface area contributed by atoms with E-state index in [0.717, 1.165) is 5.56 Å². The fraction of sp³-hybridized carbons (Fsp3) is 0.381. The number of amides is 11. The van der Waals surface area contributed by atoms with E-state index in [1.165, 1.54) is 20.8 Å². The van der Waals surface area contributed by atoms with E-state index in [-0.39, 0.29) is 91.2 Å². The highest BCUT2D eigenvalue weighted by Crippen LogP contribution is 2.17. The molecule has 0 saturated heterocycles. The van der Waals surface area contributed by atoms with Crippen LogP contribution in [0.2, 0.25) is 0 Å². The Labute approximate surface area is 775 Å². The average Bonchev–Trinajstić information content (AvgIpc) is 0.862. The van der Waals surface area contributed by atoms with Crippen LogP contribution in [0.5, 0.6) is 0 Å². The number of ether oxygens (including phenoxy) is 8. The van der Waals surface area contributed by atoms with Crippen molar-refractivity contribution in [2.45, 2.75) is 212 Å². The molecule has 7 unspecified atom stereocenters. The molecular formula is C97H115N11O26. The summed E-state index contributed by atoms with van der Waals surface area (Å²) < 4.78 is 43.5. The average molecular weight is 1850 g/mol. The summed E-state index contributed by atoms with van der Waals surface area (Å²) in [6.45, 7) is 1.89. The Bertz CT molecular complexity index is 5000. The molecule has 7 atom stereocenters. The fourth-order valence-corrected chi connectivity index (χ4v) is 12.5. The molecule has 37 heteroatoms. The lowest BCUT2D eigenvalue weighted by atomic mass is 10.1. The van der Waals surface area contributed by atoms with Crippen molar-refractivity contribution in [3.05, 3.63) is 251 Å². The molecule has 134 heavy (non-hydrogen) atoms.